The molecule has 0 N–H and O–H groups in total. The number of ether oxygens (including phenoxy) is 1. The number of hydrogen-bond acceptors (Lipinski definition) is 5. The van der Waals surface area contributed by atoms with Crippen LogP contribution in [0.2, 0.25) is 0 Å². The summed E-state index contributed by atoms with van der Waals surface area (Å²) in [6.45, 7) is 6.14. The van der Waals surface area contributed by atoms with Gasteiger partial charge in [-0.1, -0.05) is 31.2 Å². The Hall–Kier alpha value is -2.27. The second-order valence-electron chi connectivity index (χ2n) is 5.40. The first-order valence-electron chi connectivity index (χ1n) is 7.55. The molecule has 23 heavy (non-hydrogen) atoms. The topological polar surface area (TPSA) is 52.1 Å². The van der Waals surface area contributed by atoms with Crippen molar-refractivity contribution in [2.45, 2.75) is 27.2 Å². The van der Waals surface area contributed by atoms with Crippen LogP contribution in [0.1, 0.15) is 33.3 Å². The van der Waals surface area contributed by atoms with E-state index in [1.807, 2.05) is 38.1 Å². The summed E-state index contributed by atoms with van der Waals surface area (Å²) >= 11 is 1.61. The van der Waals surface area contributed by atoms with Gasteiger partial charge in [0.25, 0.3) is 0 Å². The number of carbonyl (C=O) groups is 1. The van der Waals surface area contributed by atoms with Crippen molar-refractivity contribution >= 4 is 27.3 Å². The number of fused-ring (bicyclic) bond motifs is 1. The number of rotatable bonds is 5. The van der Waals surface area contributed by atoms with Crippen molar-refractivity contribution in [3.8, 4) is 5.88 Å². The minimum absolute atomic E-state index is 0.0219. The molecule has 0 aliphatic rings. The second-order valence-corrected chi connectivity index (χ2v) is 6.61. The molecule has 1 aromatic carbocycles. The highest BCUT2D eigenvalue weighted by Gasteiger charge is 2.14. The van der Waals surface area contributed by atoms with Gasteiger partial charge in [0.2, 0.25) is 5.88 Å². The van der Waals surface area contributed by atoms with Crippen molar-refractivity contribution in [2.75, 3.05) is 6.61 Å². The summed E-state index contributed by atoms with van der Waals surface area (Å²) in [6, 6.07) is 7.64. The van der Waals surface area contributed by atoms with E-state index in [9.17, 15) is 4.79 Å². The van der Waals surface area contributed by atoms with Crippen LogP contribution in [0.15, 0.2) is 30.6 Å². The Labute approximate surface area is 139 Å². The largest absolute Gasteiger partial charge is 0.469 e. The van der Waals surface area contributed by atoms with E-state index in [1.54, 1.807) is 11.3 Å². The smallest absolute Gasteiger partial charge is 0.226 e. The SMILES string of the molecule is CCc1ccc(C(=O)COc2ncnc3sc(C)c(C)c23)cc1. The fraction of sp³-hybridized carbons (Fsp3) is 0.278. The first-order chi connectivity index (χ1) is 11.1. The monoisotopic (exact) mass is 326 g/mol. The Morgan fingerprint density at radius 3 is 2.61 bits per heavy atom. The Morgan fingerprint density at radius 2 is 1.91 bits per heavy atom. The molecular weight excluding hydrogens is 308 g/mol. The Kier molecular flexibility index (Phi) is 4.39. The zero-order valence-electron chi connectivity index (χ0n) is 13.4. The van der Waals surface area contributed by atoms with Crippen molar-refractivity contribution in [3.63, 3.8) is 0 Å². The summed E-state index contributed by atoms with van der Waals surface area (Å²) in [5, 5.41) is 0.907. The second kappa shape index (κ2) is 6.46. The van der Waals surface area contributed by atoms with Crippen molar-refractivity contribution in [3.05, 3.63) is 52.2 Å². The van der Waals surface area contributed by atoms with Crippen LogP contribution in [0, 0.1) is 13.8 Å². The van der Waals surface area contributed by atoms with Crippen LogP contribution >= 0.6 is 11.3 Å². The van der Waals surface area contributed by atoms with Gasteiger partial charge in [-0.05, 0) is 31.4 Å². The minimum atomic E-state index is -0.0518. The van der Waals surface area contributed by atoms with Gasteiger partial charge in [-0.25, -0.2) is 9.97 Å². The summed E-state index contributed by atoms with van der Waals surface area (Å²) < 4.78 is 5.69. The van der Waals surface area contributed by atoms with E-state index in [0.29, 0.717) is 11.4 Å². The fourth-order valence-corrected chi connectivity index (χ4v) is 3.39. The molecule has 5 heteroatoms. The average Bonchev–Trinajstić information content (AvgIpc) is 2.88. The molecule has 3 aromatic rings. The number of hydrogen-bond donors (Lipinski definition) is 0. The molecule has 2 heterocycles. The third-order valence-corrected chi connectivity index (χ3v) is 5.07. The lowest BCUT2D eigenvalue weighted by Gasteiger charge is -2.07. The van der Waals surface area contributed by atoms with Gasteiger partial charge < -0.3 is 4.74 Å². The third-order valence-electron chi connectivity index (χ3n) is 3.95. The van der Waals surface area contributed by atoms with Gasteiger partial charge in [-0.15, -0.1) is 11.3 Å². The number of nitrogens with zero attached hydrogens (tertiary/aromatic N) is 2. The van der Waals surface area contributed by atoms with Gasteiger partial charge in [0.15, 0.2) is 12.4 Å². The quantitative estimate of drug-likeness (QED) is 0.661. The number of Topliss-reactive ketones (excluding diaryl/α,β-unsaturated/α-hetero) is 1. The highest BCUT2D eigenvalue weighted by atomic mass is 32.1. The van der Waals surface area contributed by atoms with Gasteiger partial charge in [-0.3, -0.25) is 4.79 Å². The van der Waals surface area contributed by atoms with Gasteiger partial charge in [0, 0.05) is 10.4 Å². The summed E-state index contributed by atoms with van der Waals surface area (Å²) in [6.07, 6.45) is 2.44. The molecule has 0 radical (unpaired) electrons. The molecule has 0 fully saturated rings. The van der Waals surface area contributed by atoms with Crippen molar-refractivity contribution in [1.82, 2.24) is 9.97 Å². The molecule has 0 aliphatic carbocycles. The summed E-state index contributed by atoms with van der Waals surface area (Å²) in [5.41, 5.74) is 2.98. The number of aromatic nitrogens is 2. The Morgan fingerprint density at radius 1 is 1.17 bits per heavy atom. The fourth-order valence-electron chi connectivity index (χ4n) is 2.40. The van der Waals surface area contributed by atoms with Crippen LogP contribution in [0.25, 0.3) is 10.2 Å². The van der Waals surface area contributed by atoms with Gasteiger partial charge in [0.05, 0.1) is 5.39 Å². The lowest BCUT2D eigenvalue weighted by atomic mass is 10.1. The maximum Gasteiger partial charge on any atom is 0.226 e. The van der Waals surface area contributed by atoms with E-state index in [-0.39, 0.29) is 12.4 Å². The first kappa shape index (κ1) is 15.6. The van der Waals surface area contributed by atoms with Crippen LogP contribution in [0.4, 0.5) is 0 Å². The van der Waals surface area contributed by atoms with Gasteiger partial charge in [0.1, 0.15) is 11.2 Å². The molecular formula is C18H18N2O2S. The van der Waals surface area contributed by atoms with Crippen LogP contribution in [-0.2, 0) is 6.42 Å². The number of carbonyl (C=O) groups excluding carboxylic acids is 1. The lowest BCUT2D eigenvalue weighted by molar-refractivity contribution is 0.0919. The number of thiophene rings is 1. The van der Waals surface area contributed by atoms with Crippen molar-refractivity contribution in [1.29, 1.82) is 0 Å². The maximum absolute atomic E-state index is 12.3. The normalized spacial score (nSPS) is 10.9. The van der Waals surface area contributed by atoms with Crippen LogP contribution < -0.4 is 4.74 Å². The van der Waals surface area contributed by atoms with E-state index in [0.717, 1.165) is 22.2 Å². The van der Waals surface area contributed by atoms with Gasteiger partial charge >= 0.3 is 0 Å². The van der Waals surface area contributed by atoms with E-state index in [4.69, 9.17) is 4.74 Å². The molecule has 0 amide bonds. The summed E-state index contributed by atoms with van der Waals surface area (Å²) in [7, 11) is 0. The van der Waals surface area contributed by atoms with E-state index >= 15 is 0 Å². The molecule has 0 unspecified atom stereocenters. The number of ketones is 1. The molecule has 2 aromatic heterocycles. The standard InChI is InChI=1S/C18H18N2O2S/c1-4-13-5-7-14(8-6-13)15(21)9-22-17-16-11(2)12(3)23-18(16)20-10-19-17/h5-8,10H,4,9H2,1-3H3. The van der Waals surface area contributed by atoms with Crippen LogP contribution in [0.3, 0.4) is 0 Å². The average molecular weight is 326 g/mol. The van der Waals surface area contributed by atoms with Gasteiger partial charge in [-0.2, -0.15) is 0 Å². The predicted molar refractivity (Wildman–Crippen MR) is 92.5 cm³/mol. The van der Waals surface area contributed by atoms with Crippen LogP contribution in [-0.4, -0.2) is 22.4 Å². The summed E-state index contributed by atoms with van der Waals surface area (Å²) in [5.74, 6) is 0.430. The molecule has 0 bridgehead atoms. The lowest BCUT2D eigenvalue weighted by Crippen LogP contribution is -2.12. The molecule has 3 rings (SSSR count). The highest BCUT2D eigenvalue weighted by molar-refractivity contribution is 7.18. The molecule has 0 atom stereocenters. The van der Waals surface area contributed by atoms with E-state index in [2.05, 4.69) is 16.9 Å². The molecule has 118 valence electrons. The van der Waals surface area contributed by atoms with E-state index < -0.39 is 0 Å². The number of benzene rings is 1. The van der Waals surface area contributed by atoms with E-state index in [1.165, 1.54) is 16.8 Å². The zero-order valence-corrected chi connectivity index (χ0v) is 14.2. The third kappa shape index (κ3) is 3.10. The zero-order chi connectivity index (χ0) is 16.4. The van der Waals surface area contributed by atoms with Crippen molar-refractivity contribution in [2.24, 2.45) is 0 Å². The maximum atomic E-state index is 12.3. The molecule has 0 saturated carbocycles. The van der Waals surface area contributed by atoms with Crippen LogP contribution in [0.5, 0.6) is 5.88 Å². The predicted octanol–water partition coefficient (Wildman–Crippen LogP) is 4.13. The molecule has 0 spiro atoms. The molecule has 0 aliphatic heterocycles. The molecule has 4 nitrogen and oxygen atoms in total. The minimum Gasteiger partial charge on any atom is -0.469 e. The summed E-state index contributed by atoms with van der Waals surface area (Å²) in [4.78, 5) is 22.8. The first-order valence-corrected chi connectivity index (χ1v) is 8.37. The van der Waals surface area contributed by atoms with Crippen molar-refractivity contribution < 1.29 is 9.53 Å². The molecule has 0 saturated heterocycles. The Balaban J connectivity index is 1.79. The highest BCUT2D eigenvalue weighted by Crippen LogP contribution is 2.33. The number of aryl methyl sites for hydroxylation is 3. The Bertz CT molecular complexity index is 853.